The molecule has 1 aliphatic rings. The highest BCUT2D eigenvalue weighted by Crippen LogP contribution is 2.32. The Bertz CT molecular complexity index is 1010. The van der Waals surface area contributed by atoms with Gasteiger partial charge in [-0.2, -0.15) is 35.6 Å². The molecular weight excluding hydrogens is 440 g/mol. The third kappa shape index (κ3) is 5.01. The van der Waals surface area contributed by atoms with Crippen molar-refractivity contribution in [1.29, 1.82) is 0 Å². The quantitative estimate of drug-likeness (QED) is 0.657. The van der Waals surface area contributed by atoms with Crippen molar-refractivity contribution in [2.24, 2.45) is 0 Å². The Kier molecular flexibility index (Phi) is 5.96. The largest absolute Gasteiger partial charge is 0.459 e. The summed E-state index contributed by atoms with van der Waals surface area (Å²) >= 11 is 0. The number of benzene rings is 1. The molecule has 1 aromatic carbocycles. The molecule has 0 radical (unpaired) electrons. The summed E-state index contributed by atoms with van der Waals surface area (Å²) < 4.78 is 109. The Hall–Kier alpha value is -2.41. The number of nitrogens with zero attached hydrogens (tertiary/aromatic N) is 3. The number of ether oxygens (including phenoxy) is 1. The van der Waals surface area contributed by atoms with Gasteiger partial charge in [-0.15, -0.1) is 0 Å². The highest BCUT2D eigenvalue weighted by atomic mass is 32.2. The standard InChI is InChI=1S/C17H15F6N3O3S/c18-16(19,20)11-3-1-5-13(9-11)30(27,28)26-8-2-4-12(10-26)29-15-24-7-6-14(25-15)17(21,22)23/h1,3,5-7,9,12H,2,4,8,10H2. The summed E-state index contributed by atoms with van der Waals surface area (Å²) in [5.74, 6) is 0. The van der Waals surface area contributed by atoms with Crippen LogP contribution < -0.4 is 4.74 Å². The van der Waals surface area contributed by atoms with Crippen LogP contribution in [0.2, 0.25) is 0 Å². The van der Waals surface area contributed by atoms with Crippen LogP contribution in [0.25, 0.3) is 0 Å². The first-order valence-corrected chi connectivity index (χ1v) is 10.1. The van der Waals surface area contributed by atoms with Crippen LogP contribution in [0.15, 0.2) is 41.4 Å². The van der Waals surface area contributed by atoms with Gasteiger partial charge < -0.3 is 4.74 Å². The van der Waals surface area contributed by atoms with E-state index in [1.54, 1.807) is 0 Å². The van der Waals surface area contributed by atoms with Crippen LogP contribution in [0.4, 0.5) is 26.3 Å². The Morgan fingerprint density at radius 1 is 1.07 bits per heavy atom. The lowest BCUT2D eigenvalue weighted by Crippen LogP contribution is -2.44. The van der Waals surface area contributed by atoms with Crippen molar-refractivity contribution in [1.82, 2.24) is 14.3 Å². The van der Waals surface area contributed by atoms with E-state index in [1.165, 1.54) is 0 Å². The average Bonchev–Trinajstić information content (AvgIpc) is 2.67. The number of rotatable bonds is 4. The zero-order chi connectivity index (χ0) is 22.2. The minimum Gasteiger partial charge on any atom is -0.459 e. The monoisotopic (exact) mass is 455 g/mol. The van der Waals surface area contributed by atoms with Crippen LogP contribution in [0.3, 0.4) is 0 Å². The highest BCUT2D eigenvalue weighted by molar-refractivity contribution is 7.89. The van der Waals surface area contributed by atoms with Crippen molar-refractivity contribution in [2.45, 2.75) is 36.2 Å². The fraction of sp³-hybridized carbons (Fsp3) is 0.412. The van der Waals surface area contributed by atoms with Gasteiger partial charge in [-0.25, -0.2) is 13.4 Å². The van der Waals surface area contributed by atoms with Crippen LogP contribution in [0.1, 0.15) is 24.1 Å². The molecule has 1 atom stereocenters. The zero-order valence-corrected chi connectivity index (χ0v) is 15.9. The molecule has 164 valence electrons. The molecule has 2 aromatic rings. The predicted molar refractivity (Wildman–Crippen MR) is 90.9 cm³/mol. The van der Waals surface area contributed by atoms with Crippen molar-refractivity contribution in [3.8, 4) is 6.01 Å². The summed E-state index contributed by atoms with van der Waals surface area (Å²) in [5, 5.41) is 0. The maximum Gasteiger partial charge on any atom is 0.433 e. The molecule has 1 aromatic heterocycles. The number of piperidine rings is 1. The van der Waals surface area contributed by atoms with Gasteiger partial charge >= 0.3 is 18.4 Å². The molecule has 30 heavy (non-hydrogen) atoms. The van der Waals surface area contributed by atoms with Gasteiger partial charge in [0.05, 0.1) is 17.0 Å². The van der Waals surface area contributed by atoms with E-state index in [9.17, 15) is 34.8 Å². The second-order valence-electron chi connectivity index (χ2n) is 6.49. The fourth-order valence-corrected chi connectivity index (χ4v) is 4.46. The van der Waals surface area contributed by atoms with Crippen molar-refractivity contribution < 1.29 is 39.5 Å². The fourth-order valence-electron chi connectivity index (χ4n) is 2.91. The van der Waals surface area contributed by atoms with Gasteiger partial charge in [0, 0.05) is 12.7 Å². The Balaban J connectivity index is 1.78. The summed E-state index contributed by atoms with van der Waals surface area (Å²) in [6.45, 7) is -0.236. The first kappa shape index (κ1) is 22.3. The molecule has 6 nitrogen and oxygen atoms in total. The van der Waals surface area contributed by atoms with E-state index in [1.807, 2.05) is 0 Å². The maximum atomic E-state index is 12.9. The molecule has 13 heteroatoms. The molecule has 1 fully saturated rings. The van der Waals surface area contributed by atoms with Crippen molar-refractivity contribution in [3.63, 3.8) is 0 Å². The molecule has 3 rings (SSSR count). The summed E-state index contributed by atoms with van der Waals surface area (Å²) in [5.41, 5.74) is -2.32. The molecule has 0 aliphatic carbocycles. The topological polar surface area (TPSA) is 72.4 Å². The number of aromatic nitrogens is 2. The zero-order valence-electron chi connectivity index (χ0n) is 15.1. The molecule has 0 spiro atoms. The van der Waals surface area contributed by atoms with Gasteiger partial charge in [0.15, 0.2) is 5.69 Å². The second kappa shape index (κ2) is 8.02. The first-order chi connectivity index (χ1) is 13.9. The van der Waals surface area contributed by atoms with E-state index < -0.39 is 50.6 Å². The number of alkyl halides is 6. The lowest BCUT2D eigenvalue weighted by atomic mass is 10.1. The van der Waals surface area contributed by atoms with Crippen molar-refractivity contribution >= 4 is 10.0 Å². The van der Waals surface area contributed by atoms with E-state index in [2.05, 4.69) is 9.97 Å². The minimum atomic E-state index is -4.71. The average molecular weight is 455 g/mol. The summed E-state index contributed by atoms with van der Waals surface area (Å²) in [7, 11) is -4.27. The van der Waals surface area contributed by atoms with Gasteiger partial charge in [0.25, 0.3) is 0 Å². The number of hydrogen-bond donors (Lipinski definition) is 0. The molecule has 2 heterocycles. The van der Waals surface area contributed by atoms with E-state index in [0.29, 0.717) is 25.0 Å². The van der Waals surface area contributed by atoms with E-state index in [-0.39, 0.29) is 13.1 Å². The second-order valence-corrected chi connectivity index (χ2v) is 8.43. The summed E-state index contributed by atoms with van der Waals surface area (Å²) in [6, 6.07) is 3.43. The molecule has 0 saturated carbocycles. The van der Waals surface area contributed by atoms with Gasteiger partial charge in [0.1, 0.15) is 6.10 Å². The smallest absolute Gasteiger partial charge is 0.433 e. The van der Waals surface area contributed by atoms with Gasteiger partial charge in [0.2, 0.25) is 10.0 Å². The lowest BCUT2D eigenvalue weighted by molar-refractivity contribution is -0.141. The van der Waals surface area contributed by atoms with E-state index in [0.717, 1.165) is 28.7 Å². The van der Waals surface area contributed by atoms with Crippen LogP contribution in [-0.4, -0.2) is 41.9 Å². The Morgan fingerprint density at radius 2 is 1.80 bits per heavy atom. The molecule has 1 unspecified atom stereocenters. The number of hydrogen-bond acceptors (Lipinski definition) is 5. The summed E-state index contributed by atoms with van der Waals surface area (Å²) in [4.78, 5) is 6.34. The van der Waals surface area contributed by atoms with E-state index in [4.69, 9.17) is 4.74 Å². The molecule has 0 N–H and O–H groups in total. The van der Waals surface area contributed by atoms with Crippen molar-refractivity contribution in [3.05, 3.63) is 47.8 Å². The molecule has 1 saturated heterocycles. The maximum absolute atomic E-state index is 12.9. The first-order valence-electron chi connectivity index (χ1n) is 8.62. The number of sulfonamides is 1. The molecular formula is C17H15F6N3O3S. The van der Waals surface area contributed by atoms with Gasteiger partial charge in [-0.05, 0) is 37.1 Å². The normalized spacial score (nSPS) is 18.9. The molecule has 0 amide bonds. The Morgan fingerprint density at radius 3 is 2.47 bits per heavy atom. The van der Waals surface area contributed by atoms with Crippen LogP contribution in [-0.2, 0) is 22.4 Å². The lowest BCUT2D eigenvalue weighted by Gasteiger charge is -2.31. The van der Waals surface area contributed by atoms with Gasteiger partial charge in [-0.1, -0.05) is 6.07 Å². The van der Waals surface area contributed by atoms with Crippen LogP contribution >= 0.6 is 0 Å². The molecule has 0 bridgehead atoms. The van der Waals surface area contributed by atoms with Gasteiger partial charge in [-0.3, -0.25) is 0 Å². The minimum absolute atomic E-state index is 0.0296. The third-order valence-electron chi connectivity index (χ3n) is 4.34. The number of halogens is 6. The van der Waals surface area contributed by atoms with Crippen molar-refractivity contribution in [2.75, 3.05) is 13.1 Å². The highest BCUT2D eigenvalue weighted by Gasteiger charge is 2.36. The van der Waals surface area contributed by atoms with E-state index >= 15 is 0 Å². The predicted octanol–water partition coefficient (Wildman–Crippen LogP) is 3.75. The molecule has 1 aliphatic heterocycles. The Labute approximate surface area is 167 Å². The third-order valence-corrected chi connectivity index (χ3v) is 6.20. The van der Waals surface area contributed by atoms with Crippen LogP contribution in [0.5, 0.6) is 6.01 Å². The summed E-state index contributed by atoms with van der Waals surface area (Å²) in [6.07, 6.45) is -8.80. The van der Waals surface area contributed by atoms with Crippen LogP contribution in [0, 0.1) is 0 Å². The SMILES string of the molecule is O=S(=O)(c1cccc(C(F)(F)F)c1)N1CCCC(Oc2nccc(C(F)(F)F)n2)C1.